The molecule has 0 aliphatic carbocycles. The first kappa shape index (κ1) is 80.6. The summed E-state index contributed by atoms with van der Waals surface area (Å²) < 4.78 is 34.1. The minimum atomic E-state index is -1.47. The Bertz CT molecular complexity index is 2460. The third kappa shape index (κ3) is 28.1. The summed E-state index contributed by atoms with van der Waals surface area (Å²) in [5.74, 6) is -4.62. The highest BCUT2D eigenvalue weighted by molar-refractivity contribution is 5.93. The maximum atomic E-state index is 14.3. The van der Waals surface area contributed by atoms with E-state index in [1.807, 2.05) is 0 Å². The van der Waals surface area contributed by atoms with Gasteiger partial charge < -0.3 is 128 Å². The lowest BCUT2D eigenvalue weighted by Crippen LogP contribution is -2.64. The zero-order valence-corrected chi connectivity index (χ0v) is 53.9. The molecular weight excluding hydrogens is 1240 g/mol. The summed E-state index contributed by atoms with van der Waals surface area (Å²) in [6.07, 6.45) is -9.74. The number of nitrogens with two attached hydrogens (primary N) is 1. The number of hydrogen-bond donors (Lipinski definition) is 19. The van der Waals surface area contributed by atoms with E-state index in [1.165, 1.54) is 32.9 Å². The van der Waals surface area contributed by atoms with Gasteiger partial charge in [-0.15, -0.1) is 0 Å². The molecule has 0 radical (unpaired) electrons. The van der Waals surface area contributed by atoms with Crippen molar-refractivity contribution >= 4 is 47.3 Å². The highest BCUT2D eigenvalue weighted by Crippen LogP contribution is 2.26. The zero-order chi connectivity index (χ0) is 69.3. The molecule has 33 nitrogen and oxygen atoms in total. The van der Waals surface area contributed by atoms with Crippen molar-refractivity contribution < 1.29 is 118 Å². The van der Waals surface area contributed by atoms with Gasteiger partial charge in [0.2, 0.25) is 47.3 Å². The van der Waals surface area contributed by atoms with Crippen LogP contribution in [0, 0.1) is 0 Å². The fraction of sp³-hybridized carbons (Fsp3) is 0.770. The molecule has 33 heteroatoms. The first-order chi connectivity index (χ1) is 44.9. The number of carbonyl (C=O) groups excluding carboxylic acids is 8. The maximum Gasteiger partial charge on any atom is 0.243 e. The van der Waals surface area contributed by atoms with Crippen molar-refractivity contribution in [2.75, 3.05) is 59.3 Å². The lowest BCUT2D eigenvalue weighted by atomic mass is 9.97. The molecule has 3 fully saturated rings. The van der Waals surface area contributed by atoms with Gasteiger partial charge in [-0.2, -0.15) is 0 Å². The molecule has 3 heterocycles. The molecule has 1 aromatic rings. The van der Waals surface area contributed by atoms with E-state index in [-0.39, 0.29) is 77.3 Å². The van der Waals surface area contributed by atoms with Crippen LogP contribution in [0.2, 0.25) is 0 Å². The largest absolute Gasteiger partial charge is 0.508 e. The molecule has 0 spiro atoms. The predicted octanol–water partition coefficient (Wildman–Crippen LogP) is -5.30. The highest BCUT2D eigenvalue weighted by Gasteiger charge is 2.48. The van der Waals surface area contributed by atoms with E-state index in [2.05, 4.69) is 42.5 Å². The van der Waals surface area contributed by atoms with Crippen molar-refractivity contribution in [2.24, 2.45) is 5.73 Å². The van der Waals surface area contributed by atoms with E-state index in [1.54, 1.807) is 12.1 Å². The third-order valence-corrected chi connectivity index (χ3v) is 16.1. The van der Waals surface area contributed by atoms with Gasteiger partial charge in [0, 0.05) is 73.1 Å². The number of amides is 8. The number of hydrogen-bond acceptors (Lipinski definition) is 25. The number of phenolic OH excluding ortho intramolecular Hbond substituents is 1. The van der Waals surface area contributed by atoms with Crippen LogP contribution < -0.4 is 48.3 Å². The smallest absolute Gasteiger partial charge is 0.243 e. The fourth-order valence-corrected chi connectivity index (χ4v) is 10.8. The van der Waals surface area contributed by atoms with Crippen LogP contribution in [0.4, 0.5) is 0 Å². The lowest BCUT2D eigenvalue weighted by molar-refractivity contribution is -0.270. The number of carbonyl (C=O) groups is 8. The molecule has 0 saturated carbocycles. The number of unbranched alkanes of at least 4 members (excludes halogenated alkanes) is 9. The van der Waals surface area contributed by atoms with E-state index in [9.17, 15) is 89.4 Å². The molecule has 8 amide bonds. The van der Waals surface area contributed by atoms with Gasteiger partial charge in [-0.1, -0.05) is 50.7 Å². The van der Waals surface area contributed by atoms with Gasteiger partial charge >= 0.3 is 0 Å². The summed E-state index contributed by atoms with van der Waals surface area (Å²) in [6.45, 7) is 2.95. The van der Waals surface area contributed by atoms with Crippen LogP contribution in [-0.2, 0) is 73.2 Å². The normalized spacial score (nSPS) is 27.0. The summed E-state index contributed by atoms with van der Waals surface area (Å²) in [5.41, 5.74) is 6.91. The first-order valence-electron chi connectivity index (χ1n) is 32.4. The molecule has 0 aromatic heterocycles. The molecule has 536 valence electrons. The molecule has 3 unspecified atom stereocenters. The lowest BCUT2D eigenvalue weighted by Gasteiger charge is -2.42. The molecule has 4 rings (SSSR count). The number of phenols is 1. The van der Waals surface area contributed by atoms with Gasteiger partial charge in [0.05, 0.1) is 25.9 Å². The quantitative estimate of drug-likeness (QED) is 0.0272. The Hall–Kier alpha value is -5.86. The Morgan fingerprint density at radius 2 is 0.787 bits per heavy atom. The number of aliphatic hydroxyl groups is 9. The van der Waals surface area contributed by atoms with Crippen LogP contribution in [0.3, 0.4) is 0 Å². The Kier molecular flexibility index (Phi) is 37.2. The van der Waals surface area contributed by atoms with Crippen LogP contribution >= 0.6 is 0 Å². The second-order valence-electron chi connectivity index (χ2n) is 23.8. The molecule has 1 aromatic carbocycles. The summed E-state index contributed by atoms with van der Waals surface area (Å²) in [7, 11) is 0. The topological polar surface area (TPSA) is 516 Å². The van der Waals surface area contributed by atoms with Crippen LogP contribution in [0.25, 0.3) is 0 Å². The number of rotatable bonds is 43. The van der Waals surface area contributed by atoms with Gasteiger partial charge in [0.1, 0.15) is 90.9 Å². The van der Waals surface area contributed by atoms with Gasteiger partial charge in [0.15, 0.2) is 18.9 Å². The second kappa shape index (κ2) is 43.3. The fourth-order valence-electron chi connectivity index (χ4n) is 10.8. The average molecular weight is 1350 g/mol. The van der Waals surface area contributed by atoms with Crippen LogP contribution in [0.1, 0.15) is 129 Å². The summed E-state index contributed by atoms with van der Waals surface area (Å²) in [4.78, 5) is 104. The van der Waals surface area contributed by atoms with Crippen molar-refractivity contribution in [3.8, 4) is 5.75 Å². The maximum absolute atomic E-state index is 14.3. The van der Waals surface area contributed by atoms with Gasteiger partial charge in [-0.05, 0) is 75.5 Å². The average Bonchev–Trinajstić information content (AvgIpc) is 0.830. The van der Waals surface area contributed by atoms with Crippen molar-refractivity contribution in [1.29, 1.82) is 0 Å². The SMILES string of the molecule is CC(=O)N[C@@H]1C(OCCCCCCNC(=O)CC[C@H](NC(=O)[C@@H](N)Cc2ccc(O)cc2)C(=O)N[C@@H](CCC(=O)NCCCCCCOC2O[C@H](CO)[C@H](O)[C@H](O)[C@H]2NC(C)=O)C(=O)NCCCCCCOC2O[C@@H](CO)[C@@H](O)[C@@H](O)[C@@H]2NC(C)=O)O[C@@H](CO)[C@@H](O)[C@H]1O. The van der Waals surface area contributed by atoms with Crippen molar-refractivity contribution in [2.45, 2.75) is 240 Å². The van der Waals surface area contributed by atoms with Crippen molar-refractivity contribution in [3.63, 3.8) is 0 Å². The van der Waals surface area contributed by atoms with Crippen LogP contribution in [-0.4, -0.2) is 268 Å². The molecular formula is C61H103N9O24. The predicted molar refractivity (Wildman–Crippen MR) is 331 cm³/mol. The van der Waals surface area contributed by atoms with E-state index in [4.69, 9.17) is 34.2 Å². The minimum Gasteiger partial charge on any atom is -0.508 e. The van der Waals surface area contributed by atoms with Crippen LogP contribution in [0.5, 0.6) is 5.75 Å². The third-order valence-electron chi connectivity index (χ3n) is 16.1. The second-order valence-corrected chi connectivity index (χ2v) is 23.8. The number of ether oxygens (including phenoxy) is 6. The standard InChI is InChI=1S/C61H103N9O24/c1-34(74)66-47-53(83)50(80)42(31-71)92-59(47)89-27-13-7-4-10-24-63-45(78)22-20-40(57(87)65-26-12-6-9-15-29-91-61-49(68-36(3)76)55(85)52(82)44(33-73)94-61)70-58(88)41(69-56(86)39(62)30-37-16-18-38(77)19-17-37)21-23-46(79)64-25-11-5-8-14-28-90-60-48(67-35(2)75)54(84)51(81)43(32-72)93-60/h16-19,39-44,47-55,59-61,71-73,77,80-85H,4-15,20-33,62H2,1-3H3,(H,63,78)(H,64,79)(H,65,87)(H,66,74)(H,67,75)(H,68,76)(H,69,86)(H,70,88)/t39-,40-,41-,42+,43-,44-,47+,48-,49-,50-,51+,52+,53+,54-,55-,59?,60?,61?/m0/s1. The Morgan fingerprint density at radius 1 is 0.457 bits per heavy atom. The van der Waals surface area contributed by atoms with Gasteiger partial charge in [0.25, 0.3) is 0 Å². The van der Waals surface area contributed by atoms with Crippen LogP contribution in [0.15, 0.2) is 24.3 Å². The highest BCUT2D eigenvalue weighted by atomic mass is 16.7. The molecule has 94 heavy (non-hydrogen) atoms. The molecule has 18 atom stereocenters. The van der Waals surface area contributed by atoms with E-state index in [0.717, 1.165) is 0 Å². The molecule has 3 aliphatic heterocycles. The van der Waals surface area contributed by atoms with Gasteiger partial charge in [-0.3, -0.25) is 38.4 Å². The number of aliphatic hydroxyl groups excluding tert-OH is 9. The molecule has 3 saturated heterocycles. The molecule has 3 aliphatic rings. The minimum absolute atomic E-state index is 0.00713. The Morgan fingerprint density at radius 3 is 1.14 bits per heavy atom. The van der Waals surface area contributed by atoms with E-state index < -0.39 is 177 Å². The zero-order valence-electron chi connectivity index (χ0n) is 53.9. The summed E-state index contributed by atoms with van der Waals surface area (Å²) in [6, 6.07) is -1.19. The molecule has 0 bridgehead atoms. The molecule has 20 N–H and O–H groups in total. The Labute approximate surface area is 546 Å². The monoisotopic (exact) mass is 1350 g/mol. The summed E-state index contributed by atoms with van der Waals surface area (Å²) in [5, 5.41) is 122. The number of nitrogens with one attached hydrogen (secondary N) is 8. The Balaban J connectivity index is 1.34. The van der Waals surface area contributed by atoms with E-state index in [0.29, 0.717) is 82.6 Å². The van der Waals surface area contributed by atoms with Gasteiger partial charge in [-0.25, -0.2) is 0 Å². The van der Waals surface area contributed by atoms with Crippen molar-refractivity contribution in [1.82, 2.24) is 42.5 Å². The number of benzene rings is 1. The summed E-state index contributed by atoms with van der Waals surface area (Å²) >= 11 is 0. The number of aromatic hydroxyl groups is 1. The first-order valence-corrected chi connectivity index (χ1v) is 32.4. The van der Waals surface area contributed by atoms with Crippen molar-refractivity contribution in [3.05, 3.63) is 29.8 Å². The van der Waals surface area contributed by atoms with E-state index >= 15 is 0 Å².